The normalized spacial score (nSPS) is 26.9. The number of ketones is 2. The van der Waals surface area contributed by atoms with Gasteiger partial charge < -0.3 is 14.6 Å². The molecule has 51 heavy (non-hydrogen) atoms. The molecule has 8 heteroatoms. The van der Waals surface area contributed by atoms with Crippen LogP contribution < -0.4 is 9.47 Å². The van der Waals surface area contributed by atoms with E-state index in [9.17, 15) is 14.7 Å². The first-order chi connectivity index (χ1) is 24.8. The first-order valence-electron chi connectivity index (χ1n) is 17.2. The number of hydrogen-bond donors (Lipinski definition) is 1. The zero-order valence-corrected chi connectivity index (χ0v) is 28.3. The number of hydrogen-bond acceptors (Lipinski definition) is 7. The molecule has 2 amide bonds. The topological polar surface area (TPSA) is 110 Å². The van der Waals surface area contributed by atoms with Crippen molar-refractivity contribution in [1.82, 2.24) is 4.90 Å². The van der Waals surface area contributed by atoms with Gasteiger partial charge in [0.2, 0.25) is 11.8 Å². The number of likely N-dealkylation sites (tertiary alicyclic amines) is 1. The number of fused-ring (bicyclic) bond motifs is 4. The van der Waals surface area contributed by atoms with Gasteiger partial charge in [-0.1, -0.05) is 103 Å². The fourth-order valence-electron chi connectivity index (χ4n) is 9.38. The van der Waals surface area contributed by atoms with Crippen molar-refractivity contribution in [3.05, 3.63) is 143 Å². The van der Waals surface area contributed by atoms with Crippen LogP contribution in [0.5, 0.6) is 17.2 Å². The van der Waals surface area contributed by atoms with Crippen molar-refractivity contribution in [3.63, 3.8) is 0 Å². The summed E-state index contributed by atoms with van der Waals surface area (Å²) in [6.07, 6.45) is 3.98. The van der Waals surface area contributed by atoms with Crippen molar-refractivity contribution < 1.29 is 33.8 Å². The van der Waals surface area contributed by atoms with Crippen LogP contribution in [-0.2, 0) is 31.1 Å². The van der Waals surface area contributed by atoms with Gasteiger partial charge in [-0.15, -0.1) is 0 Å². The molecule has 4 aliphatic rings. The number of ether oxygens (including phenoxy) is 2. The first-order valence-corrected chi connectivity index (χ1v) is 17.2. The number of allylic oxidation sites excluding steroid dienone is 4. The third-order valence-electron chi connectivity index (χ3n) is 11.5. The van der Waals surface area contributed by atoms with Crippen molar-refractivity contribution in [2.45, 2.75) is 30.7 Å². The highest BCUT2D eigenvalue weighted by atomic mass is 16.5. The van der Waals surface area contributed by atoms with E-state index in [1.807, 2.05) is 97.1 Å². The maximum absolute atomic E-state index is 15.3. The summed E-state index contributed by atoms with van der Waals surface area (Å²) >= 11 is 0. The molecule has 1 saturated carbocycles. The Morgan fingerprint density at radius 2 is 1.39 bits per heavy atom. The Morgan fingerprint density at radius 3 is 2.02 bits per heavy atom. The zero-order valence-electron chi connectivity index (χ0n) is 28.3. The molecule has 0 spiro atoms. The van der Waals surface area contributed by atoms with Crippen molar-refractivity contribution in [3.8, 4) is 17.2 Å². The van der Waals surface area contributed by atoms with E-state index in [-0.39, 0.29) is 53.6 Å². The van der Waals surface area contributed by atoms with E-state index >= 15 is 9.59 Å². The Bertz CT molecular complexity index is 2100. The SMILES string of the molecule is COc1cc(O)cc(OC)c1C1C2=CCC3C(=O)N(Cc4ccccc4)C(=O)C3C2CC2C(=O)C(c3ccccc3)=CC(=O)C21c1ccccc1. The number of carbonyl (C=O) groups excluding carboxylic acids is 4. The molecule has 1 saturated heterocycles. The summed E-state index contributed by atoms with van der Waals surface area (Å²) in [5.74, 6) is -4.08. The number of nitrogens with zero attached hydrogens (tertiary/aromatic N) is 1. The van der Waals surface area contributed by atoms with Gasteiger partial charge in [-0.3, -0.25) is 24.1 Å². The van der Waals surface area contributed by atoms with Gasteiger partial charge in [0.1, 0.15) is 17.2 Å². The van der Waals surface area contributed by atoms with Gasteiger partial charge >= 0.3 is 0 Å². The summed E-state index contributed by atoms with van der Waals surface area (Å²) in [6.45, 7) is 0.159. The average Bonchev–Trinajstić information content (AvgIpc) is 3.40. The Kier molecular flexibility index (Phi) is 7.97. The molecule has 8 rings (SSSR count). The van der Waals surface area contributed by atoms with Crippen LogP contribution in [-0.4, -0.2) is 47.6 Å². The monoisotopic (exact) mass is 679 g/mol. The number of rotatable bonds is 7. The van der Waals surface area contributed by atoms with Crippen molar-refractivity contribution in [2.24, 2.45) is 23.7 Å². The first kappa shape index (κ1) is 32.4. The number of imide groups is 1. The third kappa shape index (κ3) is 4.88. The third-order valence-corrected chi connectivity index (χ3v) is 11.5. The number of methoxy groups -OCH3 is 2. The Balaban J connectivity index is 1.38. The molecule has 1 N–H and O–H groups in total. The van der Waals surface area contributed by atoms with Crippen LogP contribution in [0.1, 0.15) is 41.0 Å². The number of aromatic hydroxyl groups is 1. The van der Waals surface area contributed by atoms with Crippen LogP contribution in [0, 0.1) is 23.7 Å². The van der Waals surface area contributed by atoms with E-state index in [1.165, 1.54) is 37.3 Å². The van der Waals surface area contributed by atoms with Gasteiger partial charge in [0.15, 0.2) is 11.6 Å². The van der Waals surface area contributed by atoms with Crippen molar-refractivity contribution in [2.75, 3.05) is 14.2 Å². The minimum absolute atomic E-state index is 0.0896. The number of carbonyl (C=O) groups is 4. The summed E-state index contributed by atoms with van der Waals surface area (Å²) < 4.78 is 11.8. The predicted molar refractivity (Wildman–Crippen MR) is 190 cm³/mol. The fourth-order valence-corrected chi connectivity index (χ4v) is 9.38. The number of amides is 2. The molecule has 6 unspecified atom stereocenters. The van der Waals surface area contributed by atoms with E-state index in [4.69, 9.17) is 9.47 Å². The summed E-state index contributed by atoms with van der Waals surface area (Å²) in [4.78, 5) is 60.3. The minimum atomic E-state index is -1.46. The van der Waals surface area contributed by atoms with E-state index in [2.05, 4.69) is 0 Å². The minimum Gasteiger partial charge on any atom is -0.508 e. The Hall–Kier alpha value is -5.76. The lowest BCUT2D eigenvalue weighted by Crippen LogP contribution is -2.59. The maximum Gasteiger partial charge on any atom is 0.234 e. The molecule has 8 nitrogen and oxygen atoms in total. The Labute approximate surface area is 296 Å². The van der Waals surface area contributed by atoms with Gasteiger partial charge in [0.05, 0.1) is 38.0 Å². The van der Waals surface area contributed by atoms with Crippen LogP contribution >= 0.6 is 0 Å². The second-order valence-corrected chi connectivity index (χ2v) is 13.8. The van der Waals surface area contributed by atoms with E-state index in [0.717, 1.165) is 11.1 Å². The second kappa shape index (κ2) is 12.5. The Morgan fingerprint density at radius 1 is 0.784 bits per heavy atom. The lowest BCUT2D eigenvalue weighted by Gasteiger charge is -2.55. The average molecular weight is 680 g/mol. The van der Waals surface area contributed by atoms with Crippen LogP contribution in [0.3, 0.4) is 0 Å². The number of Topliss-reactive ketones (excluding diaryl/α,β-unsaturated/α-hetero) is 1. The lowest BCUT2D eigenvalue weighted by molar-refractivity contribution is -0.141. The molecular weight excluding hydrogens is 642 g/mol. The highest BCUT2D eigenvalue weighted by Gasteiger charge is 2.66. The molecule has 256 valence electrons. The number of phenols is 1. The largest absolute Gasteiger partial charge is 0.508 e. The van der Waals surface area contributed by atoms with Crippen LogP contribution in [0.25, 0.3) is 5.57 Å². The fraction of sp³-hybridized carbons (Fsp3) is 0.256. The highest BCUT2D eigenvalue weighted by molar-refractivity contribution is 6.31. The van der Waals surface area contributed by atoms with Gasteiger partial charge in [0, 0.05) is 35.1 Å². The zero-order chi connectivity index (χ0) is 35.4. The molecule has 4 aromatic carbocycles. The molecule has 0 aromatic heterocycles. The van der Waals surface area contributed by atoms with Gasteiger partial charge in [-0.2, -0.15) is 0 Å². The molecular formula is C43H37NO7. The van der Waals surface area contributed by atoms with Crippen molar-refractivity contribution >= 4 is 29.0 Å². The van der Waals surface area contributed by atoms with Gasteiger partial charge in [0.25, 0.3) is 0 Å². The summed E-state index contributed by atoms with van der Waals surface area (Å²) in [6, 6.07) is 30.9. The van der Waals surface area contributed by atoms with Crippen LogP contribution in [0.4, 0.5) is 0 Å². The lowest BCUT2D eigenvalue weighted by atomic mass is 9.44. The van der Waals surface area contributed by atoms with Crippen LogP contribution in [0.15, 0.2) is 121 Å². The molecule has 0 radical (unpaired) electrons. The maximum atomic E-state index is 15.3. The van der Waals surface area contributed by atoms with Gasteiger partial charge in [-0.05, 0) is 41.5 Å². The van der Waals surface area contributed by atoms with Gasteiger partial charge in [-0.25, -0.2) is 0 Å². The highest BCUT2D eigenvalue weighted by Crippen LogP contribution is 2.65. The molecule has 4 aromatic rings. The molecule has 2 fully saturated rings. The molecule has 1 aliphatic heterocycles. The molecule has 1 heterocycles. The number of benzene rings is 4. The van der Waals surface area contributed by atoms with E-state index < -0.39 is 35.0 Å². The summed E-state index contributed by atoms with van der Waals surface area (Å²) in [5, 5.41) is 10.7. The number of phenolic OH excluding ortho intramolecular Hbond substituents is 1. The standard InChI is InChI=1S/C43H37NO7/c1-50-34-20-28(45)21-35(51-2)38(34)39-29-18-19-30-37(42(49)44(41(30)48)24-25-12-6-3-7-13-25)32(29)22-33-40(47)31(26-14-8-4-9-15-26)23-36(46)43(33,39)27-16-10-5-11-17-27/h3-18,20-21,23,30,32-33,37,39,45H,19,22,24H2,1-2H3. The van der Waals surface area contributed by atoms with Crippen LogP contribution in [0.2, 0.25) is 0 Å². The summed E-state index contributed by atoms with van der Waals surface area (Å²) in [5.41, 5.74) is 2.28. The molecule has 0 bridgehead atoms. The second-order valence-electron chi connectivity index (χ2n) is 13.8. The smallest absolute Gasteiger partial charge is 0.234 e. The predicted octanol–water partition coefficient (Wildman–Crippen LogP) is 6.43. The quantitative estimate of drug-likeness (QED) is 0.177. The molecule has 3 aliphatic carbocycles. The summed E-state index contributed by atoms with van der Waals surface area (Å²) in [7, 11) is 2.97. The van der Waals surface area contributed by atoms with E-state index in [0.29, 0.717) is 28.7 Å². The van der Waals surface area contributed by atoms with Crippen molar-refractivity contribution in [1.29, 1.82) is 0 Å². The molecule has 6 atom stereocenters. The van der Waals surface area contributed by atoms with E-state index in [1.54, 1.807) is 0 Å².